The first-order valence-electron chi connectivity index (χ1n) is 6.68. The Kier molecular flexibility index (Phi) is 10.6. The largest absolute Gasteiger partial charge is 0.383 e. The average Bonchev–Trinajstić information content (AvgIpc) is 2.86. The molecule has 0 fully saturated rings. The number of carbonyl (C=O) groups is 1. The van der Waals surface area contributed by atoms with Gasteiger partial charge in [0.05, 0.1) is 18.8 Å². The molecule has 2 rings (SSSR count). The van der Waals surface area contributed by atoms with Crippen molar-refractivity contribution < 1.29 is 9.53 Å². The zero-order chi connectivity index (χ0) is 14.2. The Morgan fingerprint density at radius 2 is 2.14 bits per heavy atom. The standard InChI is InChI=1S/C14H20N4O2.2ClH/c1-20-9-7-15-10-14(19)16-6-5-12-11-18-8-3-2-4-13(18)17-12;;/h2-4,8,11,15H,5-7,9-10H2,1H3,(H,16,19);2*1H. The third-order valence-electron chi connectivity index (χ3n) is 2.89. The summed E-state index contributed by atoms with van der Waals surface area (Å²) in [6.45, 7) is 2.19. The van der Waals surface area contributed by atoms with Gasteiger partial charge in [-0.25, -0.2) is 4.98 Å². The van der Waals surface area contributed by atoms with Crippen LogP contribution in [0.2, 0.25) is 0 Å². The summed E-state index contributed by atoms with van der Waals surface area (Å²) in [6, 6.07) is 5.88. The normalized spacial score (nSPS) is 9.86. The maximum Gasteiger partial charge on any atom is 0.233 e. The molecular weight excluding hydrogens is 327 g/mol. The van der Waals surface area contributed by atoms with Crippen LogP contribution in [0, 0.1) is 0 Å². The molecule has 22 heavy (non-hydrogen) atoms. The first-order valence-corrected chi connectivity index (χ1v) is 6.68. The lowest BCUT2D eigenvalue weighted by Gasteiger charge is -2.05. The minimum atomic E-state index is -0.00938. The zero-order valence-electron chi connectivity index (χ0n) is 12.4. The number of rotatable bonds is 8. The molecule has 0 bridgehead atoms. The fourth-order valence-electron chi connectivity index (χ4n) is 1.88. The highest BCUT2D eigenvalue weighted by molar-refractivity contribution is 5.85. The van der Waals surface area contributed by atoms with Gasteiger partial charge >= 0.3 is 0 Å². The number of imidazole rings is 1. The molecule has 0 aliphatic carbocycles. The summed E-state index contributed by atoms with van der Waals surface area (Å²) in [5.41, 5.74) is 1.90. The van der Waals surface area contributed by atoms with Gasteiger partial charge in [0.1, 0.15) is 5.65 Å². The predicted octanol–water partition coefficient (Wildman–Crippen LogP) is 1.07. The Morgan fingerprint density at radius 1 is 1.32 bits per heavy atom. The lowest BCUT2D eigenvalue weighted by atomic mass is 10.3. The molecule has 0 aliphatic heterocycles. The molecule has 124 valence electrons. The number of fused-ring (bicyclic) bond motifs is 1. The summed E-state index contributed by atoms with van der Waals surface area (Å²) < 4.78 is 6.86. The van der Waals surface area contributed by atoms with Gasteiger partial charge in [-0.15, -0.1) is 24.8 Å². The molecule has 6 nitrogen and oxygen atoms in total. The number of methoxy groups -OCH3 is 1. The van der Waals surface area contributed by atoms with Gasteiger partial charge in [-0.2, -0.15) is 0 Å². The van der Waals surface area contributed by atoms with Crippen molar-refractivity contribution in [3.05, 3.63) is 36.3 Å². The summed E-state index contributed by atoms with van der Waals surface area (Å²) in [4.78, 5) is 16.0. The van der Waals surface area contributed by atoms with Crippen molar-refractivity contribution in [3.8, 4) is 0 Å². The van der Waals surface area contributed by atoms with Crippen LogP contribution >= 0.6 is 24.8 Å². The molecule has 0 saturated heterocycles. The van der Waals surface area contributed by atoms with Crippen LogP contribution in [0.3, 0.4) is 0 Å². The van der Waals surface area contributed by atoms with Crippen molar-refractivity contribution in [2.45, 2.75) is 6.42 Å². The van der Waals surface area contributed by atoms with Gasteiger partial charge < -0.3 is 19.8 Å². The zero-order valence-corrected chi connectivity index (χ0v) is 14.1. The molecule has 0 saturated carbocycles. The van der Waals surface area contributed by atoms with E-state index in [1.54, 1.807) is 7.11 Å². The number of nitrogens with zero attached hydrogens (tertiary/aromatic N) is 2. The topological polar surface area (TPSA) is 67.7 Å². The van der Waals surface area contributed by atoms with Crippen molar-refractivity contribution in [3.63, 3.8) is 0 Å². The van der Waals surface area contributed by atoms with Crippen LogP contribution in [0.4, 0.5) is 0 Å². The second-order valence-corrected chi connectivity index (χ2v) is 4.47. The maximum atomic E-state index is 11.5. The van der Waals surface area contributed by atoms with Gasteiger partial charge in [-0.1, -0.05) is 6.07 Å². The number of aromatic nitrogens is 2. The number of halogens is 2. The Morgan fingerprint density at radius 3 is 2.86 bits per heavy atom. The van der Waals surface area contributed by atoms with E-state index in [-0.39, 0.29) is 30.7 Å². The van der Waals surface area contributed by atoms with Crippen LogP contribution < -0.4 is 10.6 Å². The molecule has 2 aromatic heterocycles. The second-order valence-electron chi connectivity index (χ2n) is 4.47. The number of carbonyl (C=O) groups excluding carboxylic acids is 1. The van der Waals surface area contributed by atoms with Crippen LogP contribution in [0.15, 0.2) is 30.6 Å². The molecule has 2 aromatic rings. The Hall–Kier alpha value is -1.34. The molecule has 2 heterocycles. The van der Waals surface area contributed by atoms with Gasteiger partial charge in [-0.05, 0) is 12.1 Å². The Balaban J connectivity index is 0.00000220. The van der Waals surface area contributed by atoms with E-state index >= 15 is 0 Å². The first kappa shape index (κ1) is 20.7. The maximum absolute atomic E-state index is 11.5. The van der Waals surface area contributed by atoms with E-state index in [0.29, 0.717) is 26.2 Å². The monoisotopic (exact) mass is 348 g/mol. The average molecular weight is 349 g/mol. The van der Waals surface area contributed by atoms with E-state index in [4.69, 9.17) is 4.74 Å². The smallest absolute Gasteiger partial charge is 0.233 e. The van der Waals surface area contributed by atoms with Gasteiger partial charge in [0.25, 0.3) is 0 Å². The van der Waals surface area contributed by atoms with Crippen LogP contribution in [-0.2, 0) is 16.0 Å². The molecule has 0 radical (unpaired) electrons. The van der Waals surface area contributed by atoms with Crippen LogP contribution in [-0.4, -0.2) is 48.6 Å². The van der Waals surface area contributed by atoms with E-state index in [1.165, 1.54) is 0 Å². The van der Waals surface area contributed by atoms with Gasteiger partial charge in [0.2, 0.25) is 5.91 Å². The third kappa shape index (κ3) is 6.62. The molecule has 0 unspecified atom stereocenters. The van der Waals surface area contributed by atoms with Crippen LogP contribution in [0.5, 0.6) is 0 Å². The molecular formula is C14H22Cl2N4O2. The van der Waals surface area contributed by atoms with Gasteiger partial charge in [0.15, 0.2) is 0 Å². The van der Waals surface area contributed by atoms with E-state index < -0.39 is 0 Å². The fraction of sp³-hybridized carbons (Fsp3) is 0.429. The highest BCUT2D eigenvalue weighted by Gasteiger charge is 2.03. The van der Waals surface area contributed by atoms with Crippen molar-refractivity contribution in [2.24, 2.45) is 0 Å². The van der Waals surface area contributed by atoms with E-state index in [2.05, 4.69) is 15.6 Å². The summed E-state index contributed by atoms with van der Waals surface area (Å²) in [5.74, 6) is -0.00938. The summed E-state index contributed by atoms with van der Waals surface area (Å²) in [6.07, 6.45) is 4.67. The van der Waals surface area contributed by atoms with Crippen molar-refractivity contribution in [1.82, 2.24) is 20.0 Å². The lowest BCUT2D eigenvalue weighted by molar-refractivity contribution is -0.120. The number of amides is 1. The fourth-order valence-corrected chi connectivity index (χ4v) is 1.88. The van der Waals surface area contributed by atoms with Crippen molar-refractivity contribution in [2.75, 3.05) is 33.4 Å². The number of nitrogens with one attached hydrogen (secondary N) is 2. The molecule has 0 atom stereocenters. The number of pyridine rings is 1. The molecule has 2 N–H and O–H groups in total. The molecule has 0 aliphatic rings. The number of ether oxygens (including phenoxy) is 1. The molecule has 8 heteroatoms. The minimum absolute atomic E-state index is 0. The van der Waals surface area contributed by atoms with E-state index in [9.17, 15) is 4.79 Å². The highest BCUT2D eigenvalue weighted by atomic mass is 35.5. The Bertz CT molecular complexity index is 530. The first-order chi connectivity index (χ1) is 9.79. The van der Waals surface area contributed by atoms with Gasteiger partial charge in [-0.3, -0.25) is 4.79 Å². The predicted molar refractivity (Wildman–Crippen MR) is 91.1 cm³/mol. The SMILES string of the molecule is COCCNCC(=O)NCCc1cn2ccccc2n1.Cl.Cl. The van der Waals surface area contributed by atoms with Crippen LogP contribution in [0.1, 0.15) is 5.69 Å². The summed E-state index contributed by atoms with van der Waals surface area (Å²) in [7, 11) is 1.64. The molecule has 0 aromatic carbocycles. The lowest BCUT2D eigenvalue weighted by Crippen LogP contribution is -2.36. The quantitative estimate of drug-likeness (QED) is 0.700. The summed E-state index contributed by atoms with van der Waals surface area (Å²) in [5, 5.41) is 5.86. The Labute approximate surface area is 142 Å². The van der Waals surface area contributed by atoms with Crippen LogP contribution in [0.25, 0.3) is 5.65 Å². The number of hydrogen-bond donors (Lipinski definition) is 2. The van der Waals surface area contributed by atoms with E-state index in [0.717, 1.165) is 17.8 Å². The second kappa shape index (κ2) is 11.3. The van der Waals surface area contributed by atoms with Crippen molar-refractivity contribution >= 4 is 36.4 Å². The van der Waals surface area contributed by atoms with Gasteiger partial charge in [0, 0.05) is 39.0 Å². The minimum Gasteiger partial charge on any atom is -0.383 e. The van der Waals surface area contributed by atoms with Crippen molar-refractivity contribution in [1.29, 1.82) is 0 Å². The molecule has 1 amide bonds. The highest BCUT2D eigenvalue weighted by Crippen LogP contribution is 2.04. The summed E-state index contributed by atoms with van der Waals surface area (Å²) >= 11 is 0. The van der Waals surface area contributed by atoms with E-state index in [1.807, 2.05) is 35.0 Å². The number of hydrogen-bond acceptors (Lipinski definition) is 4. The molecule has 0 spiro atoms. The third-order valence-corrected chi connectivity index (χ3v) is 2.89.